The lowest BCUT2D eigenvalue weighted by Crippen LogP contribution is -2.12. The first-order valence-electron chi connectivity index (χ1n) is 9.04. The van der Waals surface area contributed by atoms with Crippen LogP contribution in [0.2, 0.25) is 10.0 Å². The molecule has 2 heterocycles. The maximum atomic E-state index is 12.3. The van der Waals surface area contributed by atoms with Gasteiger partial charge in [-0.25, -0.2) is 9.78 Å². The van der Waals surface area contributed by atoms with Crippen molar-refractivity contribution in [3.8, 4) is 11.6 Å². The number of carbonyl (C=O) groups is 2. The van der Waals surface area contributed by atoms with Crippen molar-refractivity contribution in [1.29, 1.82) is 0 Å². The summed E-state index contributed by atoms with van der Waals surface area (Å²) in [6.07, 6.45) is 1.48. The van der Waals surface area contributed by atoms with Crippen molar-refractivity contribution in [3.05, 3.63) is 82.1 Å². The molecule has 9 heteroatoms. The Morgan fingerprint density at radius 3 is 2.55 bits per heavy atom. The van der Waals surface area contributed by atoms with Gasteiger partial charge in [0.05, 0.1) is 29.0 Å². The van der Waals surface area contributed by atoms with Gasteiger partial charge in [-0.1, -0.05) is 23.2 Å². The molecule has 2 aromatic heterocycles. The number of nitrogens with zero attached hydrogens (tertiary/aromatic N) is 1. The number of H-pyrrole nitrogens is 1. The zero-order valence-electron chi connectivity index (χ0n) is 16.1. The average Bonchev–Trinajstić information content (AvgIpc) is 3.20. The number of fused-ring (bicyclic) bond motifs is 1. The first-order valence-corrected chi connectivity index (χ1v) is 9.80. The van der Waals surface area contributed by atoms with Crippen molar-refractivity contribution in [2.24, 2.45) is 0 Å². The van der Waals surface area contributed by atoms with Crippen molar-refractivity contribution in [3.63, 3.8) is 0 Å². The van der Waals surface area contributed by atoms with Gasteiger partial charge < -0.3 is 19.8 Å². The average molecular weight is 456 g/mol. The molecule has 7 nitrogen and oxygen atoms in total. The highest BCUT2D eigenvalue weighted by Gasteiger charge is 2.11. The van der Waals surface area contributed by atoms with E-state index in [1.54, 1.807) is 48.5 Å². The van der Waals surface area contributed by atoms with E-state index in [-0.39, 0.29) is 5.91 Å². The molecule has 0 radical (unpaired) electrons. The topological polar surface area (TPSA) is 93.3 Å². The predicted molar refractivity (Wildman–Crippen MR) is 118 cm³/mol. The number of aromatic amines is 1. The van der Waals surface area contributed by atoms with E-state index in [1.807, 2.05) is 0 Å². The van der Waals surface area contributed by atoms with Crippen LogP contribution < -0.4 is 10.1 Å². The Balaban J connectivity index is 1.45. The van der Waals surface area contributed by atoms with E-state index in [9.17, 15) is 9.59 Å². The molecule has 0 fully saturated rings. The minimum absolute atomic E-state index is 0.300. The number of methoxy groups -OCH3 is 1. The molecule has 0 bridgehead atoms. The summed E-state index contributed by atoms with van der Waals surface area (Å²) in [5.74, 6) is 0.103. The molecule has 0 atom stereocenters. The quantitative estimate of drug-likeness (QED) is 0.376. The molecule has 2 N–H and O–H groups in total. The maximum Gasteiger partial charge on any atom is 0.354 e. The molecule has 0 aliphatic rings. The Morgan fingerprint density at radius 1 is 1.00 bits per heavy atom. The molecule has 0 aliphatic heterocycles. The fraction of sp³-hybridized carbons (Fsp3) is 0.0455. The van der Waals surface area contributed by atoms with E-state index in [4.69, 9.17) is 32.7 Å². The van der Waals surface area contributed by atoms with E-state index in [0.717, 1.165) is 10.9 Å². The van der Waals surface area contributed by atoms with Crippen LogP contribution in [0, 0.1) is 0 Å². The first-order chi connectivity index (χ1) is 14.9. The molecule has 1 amide bonds. The van der Waals surface area contributed by atoms with Crippen molar-refractivity contribution in [1.82, 2.24) is 9.97 Å². The smallest absolute Gasteiger partial charge is 0.354 e. The summed E-state index contributed by atoms with van der Waals surface area (Å²) in [4.78, 5) is 31.2. The Kier molecular flexibility index (Phi) is 5.79. The third kappa shape index (κ3) is 4.63. The number of esters is 1. The number of pyridine rings is 1. The summed E-state index contributed by atoms with van der Waals surface area (Å²) < 4.78 is 10.5. The molecule has 2 aromatic carbocycles. The van der Waals surface area contributed by atoms with E-state index in [0.29, 0.717) is 38.6 Å². The minimum Gasteiger partial charge on any atom is -0.464 e. The monoisotopic (exact) mass is 455 g/mol. The summed E-state index contributed by atoms with van der Waals surface area (Å²) in [7, 11) is 1.32. The van der Waals surface area contributed by atoms with E-state index >= 15 is 0 Å². The van der Waals surface area contributed by atoms with Gasteiger partial charge in [-0.2, -0.15) is 0 Å². The standard InChI is InChI=1S/C22H15Cl2N3O4/c1-30-22(29)19-10-13-8-15(4-6-18(13)27-19)31-20-7-3-14(11-25-20)26-21(28)12-2-5-16(23)17(24)9-12/h2-11,27H,1H3,(H,26,28). The van der Waals surface area contributed by atoms with Gasteiger partial charge in [-0.15, -0.1) is 0 Å². The van der Waals surface area contributed by atoms with Crippen molar-refractivity contribution in [2.75, 3.05) is 12.4 Å². The Bertz CT molecular complexity index is 1290. The number of aromatic nitrogens is 2. The summed E-state index contributed by atoms with van der Waals surface area (Å²) in [6, 6.07) is 14.9. The molecular formula is C22H15Cl2N3O4. The number of hydrogen-bond donors (Lipinski definition) is 2. The second-order valence-corrected chi connectivity index (χ2v) is 7.31. The van der Waals surface area contributed by atoms with Crippen LogP contribution in [0.3, 0.4) is 0 Å². The zero-order valence-corrected chi connectivity index (χ0v) is 17.6. The van der Waals surface area contributed by atoms with Crippen LogP contribution in [0.1, 0.15) is 20.8 Å². The van der Waals surface area contributed by atoms with Gasteiger partial charge >= 0.3 is 5.97 Å². The zero-order chi connectivity index (χ0) is 22.0. The third-order valence-electron chi connectivity index (χ3n) is 4.40. The summed E-state index contributed by atoms with van der Waals surface area (Å²) in [6.45, 7) is 0. The predicted octanol–water partition coefficient (Wildman–Crippen LogP) is 5.70. The van der Waals surface area contributed by atoms with Gasteiger partial charge in [0, 0.05) is 22.5 Å². The lowest BCUT2D eigenvalue weighted by atomic mass is 10.2. The van der Waals surface area contributed by atoms with Crippen molar-refractivity contribution in [2.45, 2.75) is 0 Å². The summed E-state index contributed by atoms with van der Waals surface area (Å²) in [5.41, 5.74) is 2.00. The Morgan fingerprint density at radius 2 is 1.84 bits per heavy atom. The minimum atomic E-state index is -0.446. The highest BCUT2D eigenvalue weighted by atomic mass is 35.5. The van der Waals surface area contributed by atoms with Crippen LogP contribution in [0.4, 0.5) is 5.69 Å². The van der Waals surface area contributed by atoms with Crippen LogP contribution in [-0.2, 0) is 4.74 Å². The number of nitrogens with one attached hydrogen (secondary N) is 2. The molecule has 0 saturated carbocycles. The number of anilines is 1. The lowest BCUT2D eigenvalue weighted by Gasteiger charge is -2.08. The van der Waals surface area contributed by atoms with E-state index in [2.05, 4.69) is 15.3 Å². The number of ether oxygens (including phenoxy) is 2. The number of hydrogen-bond acceptors (Lipinski definition) is 5. The highest BCUT2D eigenvalue weighted by molar-refractivity contribution is 6.42. The molecule has 0 unspecified atom stereocenters. The van der Waals surface area contributed by atoms with Gasteiger partial charge in [-0.05, 0) is 48.5 Å². The summed E-state index contributed by atoms with van der Waals surface area (Å²) in [5, 5.41) is 4.20. The second kappa shape index (κ2) is 8.67. The Hall–Kier alpha value is -3.55. The molecule has 4 rings (SSSR count). The van der Waals surface area contributed by atoms with Gasteiger partial charge in [-0.3, -0.25) is 4.79 Å². The van der Waals surface area contributed by atoms with Crippen molar-refractivity contribution < 1.29 is 19.1 Å². The van der Waals surface area contributed by atoms with Gasteiger partial charge in [0.1, 0.15) is 11.4 Å². The van der Waals surface area contributed by atoms with Crippen molar-refractivity contribution >= 4 is 51.7 Å². The Labute approximate surface area is 186 Å². The van der Waals surface area contributed by atoms with E-state index in [1.165, 1.54) is 19.4 Å². The highest BCUT2D eigenvalue weighted by Crippen LogP contribution is 2.26. The lowest BCUT2D eigenvalue weighted by molar-refractivity contribution is 0.0595. The molecule has 4 aromatic rings. The van der Waals surface area contributed by atoms with E-state index < -0.39 is 5.97 Å². The fourth-order valence-electron chi connectivity index (χ4n) is 2.87. The number of amides is 1. The number of carbonyl (C=O) groups excluding carboxylic acids is 2. The number of benzene rings is 2. The molecule has 0 spiro atoms. The fourth-order valence-corrected chi connectivity index (χ4v) is 3.17. The van der Waals surface area contributed by atoms with Crippen LogP contribution in [0.25, 0.3) is 10.9 Å². The van der Waals surface area contributed by atoms with Crippen LogP contribution in [0.15, 0.2) is 60.8 Å². The van der Waals surface area contributed by atoms with Gasteiger partial charge in [0.15, 0.2) is 0 Å². The molecule has 31 heavy (non-hydrogen) atoms. The molecular weight excluding hydrogens is 441 g/mol. The summed E-state index contributed by atoms with van der Waals surface area (Å²) >= 11 is 11.8. The SMILES string of the molecule is COC(=O)c1cc2cc(Oc3ccc(NC(=O)c4ccc(Cl)c(Cl)c4)cn3)ccc2[nH]1. The molecule has 0 aliphatic carbocycles. The number of rotatable bonds is 5. The normalized spacial score (nSPS) is 10.7. The van der Waals surface area contributed by atoms with Crippen LogP contribution >= 0.6 is 23.2 Å². The van der Waals surface area contributed by atoms with Crippen LogP contribution in [0.5, 0.6) is 11.6 Å². The third-order valence-corrected chi connectivity index (χ3v) is 5.13. The van der Waals surface area contributed by atoms with Crippen LogP contribution in [-0.4, -0.2) is 29.0 Å². The second-order valence-electron chi connectivity index (χ2n) is 6.49. The molecule has 156 valence electrons. The van der Waals surface area contributed by atoms with Gasteiger partial charge in [0.2, 0.25) is 5.88 Å². The van der Waals surface area contributed by atoms with Gasteiger partial charge in [0.25, 0.3) is 5.91 Å². The molecule has 0 saturated heterocycles. The first kappa shape index (κ1) is 20.7. The number of halogens is 2. The maximum absolute atomic E-state index is 12.3. The largest absolute Gasteiger partial charge is 0.464 e.